The number of thiazole rings is 1. The molecule has 2 rings (SSSR count). The topological polar surface area (TPSA) is 54.5 Å². The fraction of sp³-hybridized carbons (Fsp3) is 0.714. The number of hydrogen-bond acceptors (Lipinski definition) is 4. The maximum atomic E-state index is 12.2. The molecule has 5 nitrogen and oxygen atoms in total. The smallest absolute Gasteiger partial charge is 0.317 e. The van der Waals surface area contributed by atoms with Gasteiger partial charge in [-0.25, -0.2) is 9.78 Å². The second-order valence-corrected chi connectivity index (χ2v) is 6.44. The molecule has 2 amide bonds. The summed E-state index contributed by atoms with van der Waals surface area (Å²) in [6, 6.07) is 0.135. The highest BCUT2D eigenvalue weighted by Crippen LogP contribution is 2.19. The quantitative estimate of drug-likeness (QED) is 0.907. The van der Waals surface area contributed by atoms with Gasteiger partial charge in [-0.05, 0) is 13.3 Å². The number of aromatic nitrogens is 1. The minimum absolute atomic E-state index is 0.0205. The van der Waals surface area contributed by atoms with E-state index >= 15 is 0 Å². The number of rotatable bonds is 5. The Bertz CT molecular complexity index is 418. The van der Waals surface area contributed by atoms with Gasteiger partial charge in [0.15, 0.2) is 0 Å². The van der Waals surface area contributed by atoms with Gasteiger partial charge < -0.3 is 15.0 Å². The Labute approximate surface area is 124 Å². The zero-order valence-corrected chi connectivity index (χ0v) is 13.2. The van der Waals surface area contributed by atoms with Gasteiger partial charge in [0.05, 0.1) is 11.6 Å². The number of carbonyl (C=O) groups excluding carboxylic acids is 1. The van der Waals surface area contributed by atoms with Crippen LogP contribution in [0.2, 0.25) is 0 Å². The van der Waals surface area contributed by atoms with Crippen molar-refractivity contribution in [1.29, 1.82) is 0 Å². The third-order valence-electron chi connectivity index (χ3n) is 3.79. The second-order valence-electron chi connectivity index (χ2n) is 5.51. The van der Waals surface area contributed by atoms with Gasteiger partial charge in [-0.1, -0.05) is 6.92 Å². The summed E-state index contributed by atoms with van der Waals surface area (Å²) < 4.78 is 5.36. The van der Waals surface area contributed by atoms with Crippen LogP contribution in [0.4, 0.5) is 4.79 Å². The zero-order valence-electron chi connectivity index (χ0n) is 12.3. The molecule has 0 unspecified atom stereocenters. The molecule has 0 radical (unpaired) electrons. The fourth-order valence-electron chi connectivity index (χ4n) is 2.42. The highest BCUT2D eigenvalue weighted by molar-refractivity contribution is 7.09. The Morgan fingerprint density at radius 2 is 2.45 bits per heavy atom. The summed E-state index contributed by atoms with van der Waals surface area (Å²) in [6.07, 6.45) is 2.83. The van der Waals surface area contributed by atoms with E-state index in [1.165, 1.54) is 0 Å². The predicted molar refractivity (Wildman–Crippen MR) is 80.1 cm³/mol. The number of likely N-dealkylation sites (N-methyl/N-ethyl adjacent to an activating group) is 1. The summed E-state index contributed by atoms with van der Waals surface area (Å²) in [5, 5.41) is 6.10. The van der Waals surface area contributed by atoms with Gasteiger partial charge in [0.1, 0.15) is 0 Å². The minimum Gasteiger partial charge on any atom is -0.381 e. The van der Waals surface area contributed by atoms with Gasteiger partial charge in [0, 0.05) is 49.7 Å². The number of urea groups is 1. The maximum absolute atomic E-state index is 12.2. The zero-order chi connectivity index (χ0) is 14.5. The highest BCUT2D eigenvalue weighted by Gasteiger charge is 2.25. The average Bonchev–Trinajstić information content (AvgIpc) is 3.11. The third kappa shape index (κ3) is 3.93. The van der Waals surface area contributed by atoms with Crippen molar-refractivity contribution in [2.75, 3.05) is 26.8 Å². The monoisotopic (exact) mass is 297 g/mol. The first-order valence-corrected chi connectivity index (χ1v) is 7.94. The Morgan fingerprint density at radius 1 is 1.65 bits per heavy atom. The van der Waals surface area contributed by atoms with Gasteiger partial charge >= 0.3 is 6.03 Å². The first kappa shape index (κ1) is 15.3. The van der Waals surface area contributed by atoms with Crippen molar-refractivity contribution in [1.82, 2.24) is 15.2 Å². The van der Waals surface area contributed by atoms with Crippen LogP contribution in [0.1, 0.15) is 31.2 Å². The van der Waals surface area contributed by atoms with Crippen molar-refractivity contribution in [3.8, 4) is 0 Å². The standard InChI is InChI=1S/C14H23N3O2S/c1-10(13-15-5-7-20-13)8-17(3)14(18)16-11(2)12-4-6-19-9-12/h5,7,10-12H,4,6,8-9H2,1-3H3,(H,16,18)/t10-,11-,12-/m1/s1. The van der Waals surface area contributed by atoms with Crippen LogP contribution in [-0.2, 0) is 4.74 Å². The van der Waals surface area contributed by atoms with E-state index in [0.29, 0.717) is 12.5 Å². The number of hydrogen-bond donors (Lipinski definition) is 1. The van der Waals surface area contributed by atoms with Gasteiger partial charge in [-0.2, -0.15) is 0 Å². The summed E-state index contributed by atoms with van der Waals surface area (Å²) in [5.74, 6) is 0.694. The lowest BCUT2D eigenvalue weighted by atomic mass is 10.0. The van der Waals surface area contributed by atoms with Crippen LogP contribution < -0.4 is 5.32 Å². The van der Waals surface area contributed by atoms with Gasteiger partial charge in [-0.3, -0.25) is 0 Å². The van der Waals surface area contributed by atoms with Crippen molar-refractivity contribution in [3.05, 3.63) is 16.6 Å². The van der Waals surface area contributed by atoms with Crippen LogP contribution in [0.25, 0.3) is 0 Å². The first-order chi connectivity index (χ1) is 9.58. The second kappa shape index (κ2) is 7.04. The summed E-state index contributed by atoms with van der Waals surface area (Å²) in [7, 11) is 1.83. The van der Waals surface area contributed by atoms with E-state index in [1.54, 1.807) is 22.4 Å². The minimum atomic E-state index is -0.0205. The van der Waals surface area contributed by atoms with Crippen molar-refractivity contribution in [2.45, 2.75) is 32.2 Å². The van der Waals surface area contributed by atoms with Crippen LogP contribution in [-0.4, -0.2) is 48.8 Å². The van der Waals surface area contributed by atoms with Crippen LogP contribution in [0.15, 0.2) is 11.6 Å². The lowest BCUT2D eigenvalue weighted by Gasteiger charge is -2.25. The van der Waals surface area contributed by atoms with E-state index in [4.69, 9.17) is 4.74 Å². The predicted octanol–water partition coefficient (Wildman–Crippen LogP) is 2.31. The van der Waals surface area contributed by atoms with E-state index in [-0.39, 0.29) is 18.0 Å². The molecule has 1 aromatic rings. The largest absolute Gasteiger partial charge is 0.381 e. The van der Waals surface area contributed by atoms with Crippen LogP contribution in [0.5, 0.6) is 0 Å². The third-order valence-corrected chi connectivity index (χ3v) is 4.80. The van der Waals surface area contributed by atoms with Crippen LogP contribution >= 0.6 is 11.3 Å². The van der Waals surface area contributed by atoms with E-state index in [0.717, 1.165) is 24.6 Å². The van der Waals surface area contributed by atoms with Crippen molar-refractivity contribution in [3.63, 3.8) is 0 Å². The summed E-state index contributed by atoms with van der Waals surface area (Å²) in [4.78, 5) is 18.2. The lowest BCUT2D eigenvalue weighted by Crippen LogP contribution is -2.45. The molecule has 0 aromatic carbocycles. The van der Waals surface area contributed by atoms with Crippen molar-refractivity contribution >= 4 is 17.4 Å². The lowest BCUT2D eigenvalue weighted by molar-refractivity contribution is 0.173. The first-order valence-electron chi connectivity index (χ1n) is 7.06. The molecule has 1 fully saturated rings. The Hall–Kier alpha value is -1.14. The molecule has 1 aromatic heterocycles. The fourth-order valence-corrected chi connectivity index (χ4v) is 3.11. The molecule has 112 valence electrons. The van der Waals surface area contributed by atoms with E-state index in [1.807, 2.05) is 12.4 Å². The van der Waals surface area contributed by atoms with E-state index in [2.05, 4.69) is 24.1 Å². The van der Waals surface area contributed by atoms with Gasteiger partial charge in [-0.15, -0.1) is 11.3 Å². The molecule has 1 aliphatic rings. The molecule has 1 aliphatic heterocycles. The molecule has 1 N–H and O–H groups in total. The van der Waals surface area contributed by atoms with E-state index in [9.17, 15) is 4.79 Å². The Balaban J connectivity index is 1.79. The summed E-state index contributed by atoms with van der Waals surface area (Å²) in [6.45, 7) is 6.38. The number of nitrogens with zero attached hydrogens (tertiary/aromatic N) is 2. The van der Waals surface area contributed by atoms with Crippen molar-refractivity contribution in [2.24, 2.45) is 5.92 Å². The van der Waals surface area contributed by atoms with Gasteiger partial charge in [0.25, 0.3) is 0 Å². The number of ether oxygens (including phenoxy) is 1. The summed E-state index contributed by atoms with van der Waals surface area (Å²) in [5.41, 5.74) is 0. The normalized spacial score (nSPS) is 21.4. The molecule has 20 heavy (non-hydrogen) atoms. The van der Waals surface area contributed by atoms with Crippen molar-refractivity contribution < 1.29 is 9.53 Å². The molecule has 0 bridgehead atoms. The number of amides is 2. The van der Waals surface area contributed by atoms with Gasteiger partial charge in [0.2, 0.25) is 0 Å². The number of carbonyl (C=O) groups is 1. The van der Waals surface area contributed by atoms with E-state index < -0.39 is 0 Å². The number of nitrogens with one attached hydrogen (secondary N) is 1. The Kier molecular flexibility index (Phi) is 5.37. The molecular formula is C14H23N3O2S. The SMILES string of the molecule is C[C@H](CN(C)C(=O)N[C@H](C)[C@@H]1CCOC1)c1nccs1. The molecule has 0 aliphatic carbocycles. The highest BCUT2D eigenvalue weighted by atomic mass is 32.1. The molecule has 0 spiro atoms. The molecule has 0 saturated carbocycles. The maximum Gasteiger partial charge on any atom is 0.317 e. The summed E-state index contributed by atoms with van der Waals surface area (Å²) >= 11 is 1.63. The molecule has 6 heteroatoms. The molecule has 3 atom stereocenters. The average molecular weight is 297 g/mol. The van der Waals surface area contributed by atoms with Crippen LogP contribution in [0.3, 0.4) is 0 Å². The molecule has 2 heterocycles. The van der Waals surface area contributed by atoms with Crippen LogP contribution in [0, 0.1) is 5.92 Å². The molecular weight excluding hydrogens is 274 g/mol. The Morgan fingerprint density at radius 3 is 3.05 bits per heavy atom. The molecule has 1 saturated heterocycles.